The van der Waals surface area contributed by atoms with Crippen LogP contribution in [0.1, 0.15) is 17.1 Å². The summed E-state index contributed by atoms with van der Waals surface area (Å²) in [5.74, 6) is 0.495. The summed E-state index contributed by atoms with van der Waals surface area (Å²) in [5.41, 5.74) is 2.87. The molecule has 0 amide bonds. The van der Waals surface area contributed by atoms with Gasteiger partial charge in [-0.3, -0.25) is 14.3 Å². The van der Waals surface area contributed by atoms with Crippen LogP contribution in [0.15, 0.2) is 71.7 Å². The predicted molar refractivity (Wildman–Crippen MR) is 110 cm³/mol. The van der Waals surface area contributed by atoms with Gasteiger partial charge in [0.2, 0.25) is 0 Å². The molecule has 132 valence electrons. The Balaban J connectivity index is 2.00. The van der Waals surface area contributed by atoms with Crippen LogP contribution in [0.25, 0.3) is 28.7 Å². The first-order valence-corrected chi connectivity index (χ1v) is 8.89. The minimum atomic E-state index is -0.155. The van der Waals surface area contributed by atoms with Crippen LogP contribution in [0.3, 0.4) is 0 Å². The Hall–Kier alpha value is -3.24. The zero-order valence-electron chi connectivity index (χ0n) is 14.6. The van der Waals surface area contributed by atoms with Gasteiger partial charge in [-0.05, 0) is 55.5 Å². The summed E-state index contributed by atoms with van der Waals surface area (Å²) < 4.78 is 1.55. The minimum absolute atomic E-state index is 0.155. The van der Waals surface area contributed by atoms with Crippen molar-refractivity contribution in [2.24, 2.45) is 0 Å². The van der Waals surface area contributed by atoms with Gasteiger partial charge >= 0.3 is 0 Å². The van der Waals surface area contributed by atoms with Crippen molar-refractivity contribution in [3.8, 4) is 5.69 Å². The highest BCUT2D eigenvalue weighted by Crippen LogP contribution is 2.22. The maximum absolute atomic E-state index is 13.3. The van der Waals surface area contributed by atoms with Gasteiger partial charge in [-0.2, -0.15) is 0 Å². The normalized spacial score (nSPS) is 11.3. The van der Waals surface area contributed by atoms with E-state index in [1.807, 2.05) is 67.6 Å². The molecule has 2 aromatic heterocycles. The van der Waals surface area contributed by atoms with Crippen molar-refractivity contribution in [1.82, 2.24) is 14.5 Å². The van der Waals surface area contributed by atoms with Crippen LogP contribution in [-0.4, -0.2) is 14.5 Å². The molecule has 0 atom stereocenters. The fourth-order valence-corrected chi connectivity index (χ4v) is 3.15. The van der Waals surface area contributed by atoms with E-state index in [9.17, 15) is 4.79 Å². The quantitative estimate of drug-likeness (QED) is 0.512. The fourth-order valence-electron chi connectivity index (χ4n) is 2.93. The Morgan fingerprint density at radius 2 is 1.81 bits per heavy atom. The first-order valence-electron chi connectivity index (χ1n) is 8.51. The largest absolute Gasteiger partial charge is 0.268 e. The van der Waals surface area contributed by atoms with Crippen LogP contribution in [0.5, 0.6) is 0 Å². The van der Waals surface area contributed by atoms with Crippen LogP contribution in [0.4, 0.5) is 0 Å². The highest BCUT2D eigenvalue weighted by atomic mass is 35.5. The third kappa shape index (κ3) is 3.39. The summed E-state index contributed by atoms with van der Waals surface area (Å²) in [5, 5.41) is 1.05. The third-order valence-electron chi connectivity index (χ3n) is 4.23. The number of para-hydroxylation sites is 1. The number of pyridine rings is 1. The molecule has 0 radical (unpaired) electrons. The molecule has 5 heteroatoms. The zero-order valence-corrected chi connectivity index (χ0v) is 15.4. The molecule has 27 heavy (non-hydrogen) atoms. The lowest BCUT2D eigenvalue weighted by Crippen LogP contribution is -2.22. The highest BCUT2D eigenvalue weighted by molar-refractivity contribution is 6.32. The van der Waals surface area contributed by atoms with Crippen LogP contribution in [0.2, 0.25) is 5.02 Å². The molecule has 0 aliphatic heterocycles. The maximum atomic E-state index is 13.3. The zero-order chi connectivity index (χ0) is 18.8. The lowest BCUT2D eigenvalue weighted by molar-refractivity contribution is 0.943. The van der Waals surface area contributed by atoms with Crippen LogP contribution >= 0.6 is 11.6 Å². The smallest absolute Gasteiger partial charge is 0.266 e. The van der Waals surface area contributed by atoms with Gasteiger partial charge in [-0.15, -0.1) is 0 Å². The molecule has 2 aromatic carbocycles. The average molecular weight is 374 g/mol. The van der Waals surface area contributed by atoms with E-state index < -0.39 is 0 Å². The Labute approximate surface area is 161 Å². The van der Waals surface area contributed by atoms with Crippen LogP contribution < -0.4 is 5.56 Å². The molecule has 0 aliphatic rings. The molecule has 0 N–H and O–H groups in total. The lowest BCUT2D eigenvalue weighted by atomic mass is 10.1. The van der Waals surface area contributed by atoms with E-state index >= 15 is 0 Å². The van der Waals surface area contributed by atoms with Gasteiger partial charge in [-0.25, -0.2) is 4.98 Å². The lowest BCUT2D eigenvalue weighted by Gasteiger charge is -2.13. The Bertz CT molecular complexity index is 1210. The molecule has 4 rings (SSSR count). The fraction of sp³-hybridized carbons (Fsp3) is 0.0455. The SMILES string of the molecule is Cc1ccc2nc(C=Cc3ccccn3)n(-c3ccccc3Cl)c(=O)c2c1. The first-order chi connectivity index (χ1) is 13.1. The number of fused-ring (bicyclic) bond motifs is 1. The molecular weight excluding hydrogens is 358 g/mol. The maximum Gasteiger partial charge on any atom is 0.266 e. The van der Waals surface area contributed by atoms with Crippen molar-refractivity contribution in [2.75, 3.05) is 0 Å². The number of hydrogen-bond acceptors (Lipinski definition) is 3. The monoisotopic (exact) mass is 373 g/mol. The highest BCUT2D eigenvalue weighted by Gasteiger charge is 2.13. The molecule has 2 heterocycles. The van der Waals surface area contributed by atoms with E-state index in [0.29, 0.717) is 27.4 Å². The summed E-state index contributed by atoms with van der Waals surface area (Å²) >= 11 is 6.38. The summed E-state index contributed by atoms with van der Waals surface area (Å²) in [6.07, 6.45) is 5.33. The van der Waals surface area contributed by atoms with Crippen molar-refractivity contribution >= 4 is 34.7 Å². The van der Waals surface area contributed by atoms with Gasteiger partial charge < -0.3 is 0 Å². The Morgan fingerprint density at radius 3 is 2.59 bits per heavy atom. The number of halogens is 1. The van der Waals surface area contributed by atoms with Gasteiger partial charge in [-0.1, -0.05) is 41.4 Å². The summed E-state index contributed by atoms with van der Waals surface area (Å²) in [6.45, 7) is 1.95. The first kappa shape index (κ1) is 17.2. The molecule has 4 aromatic rings. The van der Waals surface area contributed by atoms with Crippen molar-refractivity contribution in [2.45, 2.75) is 6.92 Å². The molecule has 0 saturated carbocycles. The topological polar surface area (TPSA) is 47.8 Å². The minimum Gasteiger partial charge on any atom is -0.268 e. The number of nitrogens with zero attached hydrogens (tertiary/aromatic N) is 3. The molecular formula is C22H16ClN3O. The molecule has 0 aliphatic carbocycles. The van der Waals surface area contributed by atoms with Crippen molar-refractivity contribution in [3.05, 3.63) is 99.3 Å². The predicted octanol–water partition coefficient (Wildman–Crippen LogP) is 4.91. The molecule has 0 fully saturated rings. The van der Waals surface area contributed by atoms with Gasteiger partial charge in [0.15, 0.2) is 0 Å². The number of rotatable bonds is 3. The van der Waals surface area contributed by atoms with E-state index in [4.69, 9.17) is 16.6 Å². The Kier molecular flexibility index (Phi) is 4.57. The third-order valence-corrected chi connectivity index (χ3v) is 4.55. The van der Waals surface area contributed by atoms with Gasteiger partial charge in [0.25, 0.3) is 5.56 Å². The second-order valence-corrected chi connectivity index (χ2v) is 6.58. The second-order valence-electron chi connectivity index (χ2n) is 6.17. The molecule has 4 nitrogen and oxygen atoms in total. The average Bonchev–Trinajstić information content (AvgIpc) is 2.69. The van der Waals surface area contributed by atoms with E-state index in [1.165, 1.54) is 0 Å². The molecule has 0 saturated heterocycles. The number of benzene rings is 2. The second kappa shape index (κ2) is 7.17. The standard InChI is InChI=1S/C22H16ClN3O/c1-15-9-11-19-17(14-15)22(27)26(20-8-3-2-7-18(20)23)21(25-19)12-10-16-6-4-5-13-24-16/h2-14H,1H3. The van der Waals surface area contributed by atoms with Crippen molar-refractivity contribution < 1.29 is 0 Å². The summed E-state index contributed by atoms with van der Waals surface area (Å²) in [6, 6.07) is 18.6. The van der Waals surface area contributed by atoms with Crippen molar-refractivity contribution in [3.63, 3.8) is 0 Å². The molecule has 0 bridgehead atoms. The van der Waals surface area contributed by atoms with Crippen molar-refractivity contribution in [1.29, 1.82) is 0 Å². The Morgan fingerprint density at radius 1 is 1.00 bits per heavy atom. The molecule has 0 unspecified atom stereocenters. The summed E-state index contributed by atoms with van der Waals surface area (Å²) in [4.78, 5) is 22.3. The number of hydrogen-bond donors (Lipinski definition) is 0. The van der Waals surface area contributed by atoms with E-state index in [2.05, 4.69) is 4.98 Å². The number of aromatic nitrogens is 3. The van der Waals surface area contributed by atoms with Gasteiger partial charge in [0, 0.05) is 6.20 Å². The molecule has 0 spiro atoms. The van der Waals surface area contributed by atoms with E-state index in [0.717, 1.165) is 11.3 Å². The van der Waals surface area contributed by atoms with E-state index in [1.54, 1.807) is 22.9 Å². The summed E-state index contributed by atoms with van der Waals surface area (Å²) in [7, 11) is 0. The van der Waals surface area contributed by atoms with Gasteiger partial charge in [0.05, 0.1) is 27.3 Å². The van der Waals surface area contributed by atoms with E-state index in [-0.39, 0.29) is 5.56 Å². The van der Waals surface area contributed by atoms with Gasteiger partial charge in [0.1, 0.15) is 5.82 Å². The van der Waals surface area contributed by atoms with Crippen LogP contribution in [-0.2, 0) is 0 Å². The van der Waals surface area contributed by atoms with Crippen LogP contribution in [0, 0.1) is 6.92 Å². The number of aryl methyl sites for hydroxylation is 1.